The Kier molecular flexibility index (Phi) is 3.53. The van der Waals surface area contributed by atoms with Gasteiger partial charge in [0.2, 0.25) is 0 Å². The fourth-order valence-electron chi connectivity index (χ4n) is 3.08. The summed E-state index contributed by atoms with van der Waals surface area (Å²) >= 11 is 0. The van der Waals surface area contributed by atoms with Crippen molar-refractivity contribution in [2.45, 2.75) is 39.3 Å². The van der Waals surface area contributed by atoms with E-state index >= 15 is 0 Å². The van der Waals surface area contributed by atoms with E-state index in [4.69, 9.17) is 0 Å². The van der Waals surface area contributed by atoms with Crippen LogP contribution in [0.25, 0.3) is 0 Å². The number of aromatic nitrogens is 2. The minimum absolute atomic E-state index is 0.265. The standard InChI is InChI=1S/C17H21N3/c1-17(2)9-7-13-5-3-4-6-15(13)16(17)19-11-14-8-10-18-12-20-14/h3-6,8,10,12,16,19H,7,9,11H2,1-2H3. The minimum Gasteiger partial charge on any atom is -0.304 e. The predicted octanol–water partition coefficient (Wildman–Crippen LogP) is 3.28. The second-order valence-corrected chi connectivity index (χ2v) is 6.20. The van der Waals surface area contributed by atoms with Crippen LogP contribution in [0.15, 0.2) is 42.9 Å². The molecule has 0 saturated heterocycles. The minimum atomic E-state index is 0.265. The van der Waals surface area contributed by atoms with E-state index in [1.54, 1.807) is 12.5 Å². The second-order valence-electron chi connectivity index (χ2n) is 6.20. The molecule has 1 aliphatic carbocycles. The van der Waals surface area contributed by atoms with Crippen LogP contribution in [0.1, 0.15) is 43.1 Å². The van der Waals surface area contributed by atoms with E-state index in [0.717, 1.165) is 12.2 Å². The van der Waals surface area contributed by atoms with Gasteiger partial charge in [-0.15, -0.1) is 0 Å². The van der Waals surface area contributed by atoms with Gasteiger partial charge in [-0.1, -0.05) is 38.1 Å². The molecule has 20 heavy (non-hydrogen) atoms. The van der Waals surface area contributed by atoms with Crippen LogP contribution in [-0.2, 0) is 13.0 Å². The molecule has 0 saturated carbocycles. The summed E-state index contributed by atoms with van der Waals surface area (Å²) in [6, 6.07) is 11.1. The van der Waals surface area contributed by atoms with Gasteiger partial charge in [0, 0.05) is 18.8 Å². The fourth-order valence-corrected chi connectivity index (χ4v) is 3.08. The molecular weight excluding hydrogens is 246 g/mol. The lowest BCUT2D eigenvalue weighted by molar-refractivity contribution is 0.207. The number of rotatable bonds is 3. The molecule has 2 aromatic rings. The van der Waals surface area contributed by atoms with Crippen LogP contribution in [0.3, 0.4) is 0 Å². The van der Waals surface area contributed by atoms with Gasteiger partial charge in [-0.25, -0.2) is 9.97 Å². The molecule has 1 aromatic heterocycles. The van der Waals surface area contributed by atoms with Gasteiger partial charge in [0.1, 0.15) is 6.33 Å². The van der Waals surface area contributed by atoms with Crippen molar-refractivity contribution in [3.63, 3.8) is 0 Å². The molecule has 104 valence electrons. The largest absolute Gasteiger partial charge is 0.304 e. The summed E-state index contributed by atoms with van der Waals surface area (Å²) in [7, 11) is 0. The lowest BCUT2D eigenvalue weighted by Crippen LogP contribution is -2.38. The van der Waals surface area contributed by atoms with Crippen LogP contribution in [0.2, 0.25) is 0 Å². The molecule has 0 spiro atoms. The Bertz CT molecular complexity index is 578. The Morgan fingerprint density at radius 2 is 2.10 bits per heavy atom. The highest BCUT2D eigenvalue weighted by Gasteiger charge is 2.35. The molecular formula is C17H21N3. The van der Waals surface area contributed by atoms with E-state index in [0.29, 0.717) is 6.04 Å². The first-order valence-corrected chi connectivity index (χ1v) is 7.23. The van der Waals surface area contributed by atoms with Gasteiger partial charge in [0.05, 0.1) is 5.69 Å². The Balaban J connectivity index is 1.83. The lowest BCUT2D eigenvalue weighted by Gasteiger charge is -2.40. The van der Waals surface area contributed by atoms with Crippen LogP contribution >= 0.6 is 0 Å². The highest BCUT2D eigenvalue weighted by Crippen LogP contribution is 2.43. The van der Waals surface area contributed by atoms with Crippen molar-refractivity contribution in [2.75, 3.05) is 0 Å². The van der Waals surface area contributed by atoms with Crippen LogP contribution in [0.5, 0.6) is 0 Å². The predicted molar refractivity (Wildman–Crippen MR) is 80.2 cm³/mol. The molecule has 0 bridgehead atoms. The lowest BCUT2D eigenvalue weighted by atomic mass is 9.70. The molecule has 0 amide bonds. The van der Waals surface area contributed by atoms with Gasteiger partial charge < -0.3 is 5.32 Å². The third-order valence-corrected chi connectivity index (χ3v) is 4.32. The van der Waals surface area contributed by atoms with Gasteiger partial charge in [-0.3, -0.25) is 0 Å². The Hall–Kier alpha value is -1.74. The third-order valence-electron chi connectivity index (χ3n) is 4.32. The first-order valence-electron chi connectivity index (χ1n) is 7.23. The molecule has 1 aromatic carbocycles. The van der Waals surface area contributed by atoms with Crippen LogP contribution in [0.4, 0.5) is 0 Å². The number of hydrogen-bond acceptors (Lipinski definition) is 3. The molecule has 1 N–H and O–H groups in total. The number of hydrogen-bond donors (Lipinski definition) is 1. The summed E-state index contributed by atoms with van der Waals surface area (Å²) in [6.45, 7) is 5.48. The summed E-state index contributed by atoms with van der Waals surface area (Å²) in [5.74, 6) is 0. The molecule has 1 heterocycles. The van der Waals surface area contributed by atoms with Crippen molar-refractivity contribution in [3.05, 3.63) is 59.7 Å². The normalized spacial score (nSPS) is 20.4. The zero-order valence-corrected chi connectivity index (χ0v) is 12.1. The van der Waals surface area contributed by atoms with Gasteiger partial charge in [0.25, 0.3) is 0 Å². The van der Waals surface area contributed by atoms with Gasteiger partial charge >= 0.3 is 0 Å². The average molecular weight is 267 g/mol. The van der Waals surface area contributed by atoms with Gasteiger partial charge in [-0.2, -0.15) is 0 Å². The highest BCUT2D eigenvalue weighted by molar-refractivity contribution is 5.34. The maximum atomic E-state index is 4.29. The first-order chi connectivity index (χ1) is 9.67. The summed E-state index contributed by atoms with van der Waals surface area (Å²) in [5, 5.41) is 3.69. The maximum Gasteiger partial charge on any atom is 0.115 e. The topological polar surface area (TPSA) is 37.8 Å². The molecule has 0 radical (unpaired) electrons. The molecule has 1 aliphatic rings. The summed E-state index contributed by atoms with van der Waals surface area (Å²) < 4.78 is 0. The van der Waals surface area contributed by atoms with Crippen molar-refractivity contribution in [1.82, 2.24) is 15.3 Å². The van der Waals surface area contributed by atoms with E-state index in [2.05, 4.69) is 53.4 Å². The Labute approximate surface area is 120 Å². The zero-order valence-electron chi connectivity index (χ0n) is 12.1. The molecule has 0 fully saturated rings. The van der Waals surface area contributed by atoms with Crippen molar-refractivity contribution >= 4 is 0 Å². The summed E-state index contributed by atoms with van der Waals surface area (Å²) in [5.41, 5.74) is 4.23. The Morgan fingerprint density at radius 3 is 2.90 bits per heavy atom. The van der Waals surface area contributed by atoms with Crippen LogP contribution in [0, 0.1) is 5.41 Å². The quantitative estimate of drug-likeness (QED) is 0.927. The summed E-state index contributed by atoms with van der Waals surface area (Å²) in [4.78, 5) is 8.26. The van der Waals surface area contributed by atoms with E-state index in [1.807, 2.05) is 6.07 Å². The smallest absolute Gasteiger partial charge is 0.115 e. The zero-order chi connectivity index (χ0) is 14.0. The van der Waals surface area contributed by atoms with Crippen molar-refractivity contribution in [2.24, 2.45) is 5.41 Å². The molecule has 3 rings (SSSR count). The number of aryl methyl sites for hydroxylation is 1. The van der Waals surface area contributed by atoms with Crippen molar-refractivity contribution in [3.8, 4) is 0 Å². The van der Waals surface area contributed by atoms with Crippen molar-refractivity contribution < 1.29 is 0 Å². The molecule has 1 unspecified atom stereocenters. The number of fused-ring (bicyclic) bond motifs is 1. The molecule has 3 heteroatoms. The van der Waals surface area contributed by atoms with E-state index < -0.39 is 0 Å². The number of benzene rings is 1. The molecule has 0 aliphatic heterocycles. The molecule has 3 nitrogen and oxygen atoms in total. The van der Waals surface area contributed by atoms with Crippen LogP contribution in [-0.4, -0.2) is 9.97 Å². The van der Waals surface area contributed by atoms with Gasteiger partial charge in [0.15, 0.2) is 0 Å². The van der Waals surface area contributed by atoms with E-state index in [-0.39, 0.29) is 5.41 Å². The second kappa shape index (κ2) is 5.33. The first kappa shape index (κ1) is 13.3. The van der Waals surface area contributed by atoms with Crippen LogP contribution < -0.4 is 5.32 Å². The van der Waals surface area contributed by atoms with E-state index in [9.17, 15) is 0 Å². The van der Waals surface area contributed by atoms with Gasteiger partial charge in [-0.05, 0) is 35.4 Å². The molecule has 1 atom stereocenters. The fraction of sp³-hybridized carbons (Fsp3) is 0.412. The maximum absolute atomic E-state index is 4.29. The average Bonchev–Trinajstić information content (AvgIpc) is 2.47. The summed E-state index contributed by atoms with van der Waals surface area (Å²) in [6.07, 6.45) is 5.79. The third kappa shape index (κ3) is 2.59. The number of nitrogens with one attached hydrogen (secondary N) is 1. The highest BCUT2D eigenvalue weighted by atomic mass is 15.0. The monoisotopic (exact) mass is 267 g/mol. The van der Waals surface area contributed by atoms with E-state index in [1.165, 1.54) is 24.0 Å². The Morgan fingerprint density at radius 1 is 1.25 bits per heavy atom. The SMILES string of the molecule is CC1(C)CCc2ccccc2C1NCc1ccncn1. The number of nitrogens with zero attached hydrogens (tertiary/aromatic N) is 2. The van der Waals surface area contributed by atoms with Crippen molar-refractivity contribution in [1.29, 1.82) is 0 Å².